The van der Waals surface area contributed by atoms with Gasteiger partial charge in [0.25, 0.3) is 0 Å². The molecule has 94 valence electrons. The first-order valence-corrected chi connectivity index (χ1v) is 6.43. The SMILES string of the molecule is CCN1CCOC(C(N)c2cccc(Cl)c2)C1. The van der Waals surface area contributed by atoms with Gasteiger partial charge in [-0.1, -0.05) is 30.7 Å². The predicted octanol–water partition coefficient (Wildman–Crippen LogP) is 2.06. The topological polar surface area (TPSA) is 38.5 Å². The fourth-order valence-electron chi connectivity index (χ4n) is 2.16. The van der Waals surface area contributed by atoms with Gasteiger partial charge >= 0.3 is 0 Å². The number of ether oxygens (including phenoxy) is 1. The van der Waals surface area contributed by atoms with Gasteiger partial charge in [-0.15, -0.1) is 0 Å². The molecule has 1 fully saturated rings. The van der Waals surface area contributed by atoms with Gasteiger partial charge < -0.3 is 10.5 Å². The molecule has 1 saturated heterocycles. The number of nitrogens with zero attached hydrogens (tertiary/aromatic N) is 1. The molecule has 2 rings (SSSR count). The van der Waals surface area contributed by atoms with E-state index in [9.17, 15) is 0 Å². The zero-order chi connectivity index (χ0) is 12.3. The molecule has 0 spiro atoms. The molecule has 1 aliphatic heterocycles. The van der Waals surface area contributed by atoms with Crippen LogP contribution in [0.3, 0.4) is 0 Å². The van der Waals surface area contributed by atoms with E-state index in [4.69, 9.17) is 22.1 Å². The second-order valence-corrected chi connectivity index (χ2v) is 4.82. The quantitative estimate of drug-likeness (QED) is 0.898. The molecule has 2 N–H and O–H groups in total. The zero-order valence-corrected chi connectivity index (χ0v) is 10.9. The maximum atomic E-state index is 6.25. The van der Waals surface area contributed by atoms with Gasteiger partial charge in [0.05, 0.1) is 18.8 Å². The summed E-state index contributed by atoms with van der Waals surface area (Å²) in [5.74, 6) is 0. The Morgan fingerprint density at radius 2 is 2.41 bits per heavy atom. The Morgan fingerprint density at radius 1 is 1.59 bits per heavy atom. The number of morpholine rings is 1. The number of likely N-dealkylation sites (N-methyl/N-ethyl adjacent to an activating group) is 1. The summed E-state index contributed by atoms with van der Waals surface area (Å²) < 4.78 is 5.76. The standard InChI is InChI=1S/C13H19ClN2O/c1-2-16-6-7-17-12(9-16)13(15)10-4-3-5-11(14)8-10/h3-5,8,12-13H,2,6-7,9,15H2,1H3. The van der Waals surface area contributed by atoms with Gasteiger partial charge in [0, 0.05) is 18.1 Å². The van der Waals surface area contributed by atoms with Crippen LogP contribution in [0.25, 0.3) is 0 Å². The Bertz CT molecular complexity index is 372. The molecule has 17 heavy (non-hydrogen) atoms. The second kappa shape index (κ2) is 5.83. The molecule has 1 heterocycles. The van der Waals surface area contributed by atoms with Crippen LogP contribution < -0.4 is 5.73 Å². The van der Waals surface area contributed by atoms with E-state index in [1.54, 1.807) is 0 Å². The second-order valence-electron chi connectivity index (χ2n) is 4.38. The molecule has 0 saturated carbocycles. The zero-order valence-electron chi connectivity index (χ0n) is 10.1. The van der Waals surface area contributed by atoms with Crippen LogP contribution in [0.2, 0.25) is 5.02 Å². The van der Waals surface area contributed by atoms with Crippen LogP contribution in [0.4, 0.5) is 0 Å². The molecule has 4 heteroatoms. The third kappa shape index (κ3) is 3.19. The summed E-state index contributed by atoms with van der Waals surface area (Å²) in [6.07, 6.45) is 0.0576. The van der Waals surface area contributed by atoms with Crippen LogP contribution in [0, 0.1) is 0 Å². The van der Waals surface area contributed by atoms with E-state index in [-0.39, 0.29) is 12.1 Å². The number of nitrogens with two attached hydrogens (primary N) is 1. The van der Waals surface area contributed by atoms with Crippen molar-refractivity contribution in [2.75, 3.05) is 26.2 Å². The molecule has 0 radical (unpaired) electrons. The molecular formula is C13H19ClN2O. The average molecular weight is 255 g/mol. The summed E-state index contributed by atoms with van der Waals surface area (Å²) in [5, 5.41) is 0.723. The van der Waals surface area contributed by atoms with Crippen molar-refractivity contribution in [2.24, 2.45) is 5.73 Å². The molecule has 1 aromatic rings. The highest BCUT2D eigenvalue weighted by Gasteiger charge is 2.26. The molecule has 1 aliphatic rings. The first-order chi connectivity index (χ1) is 8.20. The van der Waals surface area contributed by atoms with Gasteiger partial charge in [0.1, 0.15) is 0 Å². The Hall–Kier alpha value is -0.610. The van der Waals surface area contributed by atoms with Crippen molar-refractivity contribution in [1.82, 2.24) is 4.90 Å². The van der Waals surface area contributed by atoms with E-state index in [2.05, 4.69) is 11.8 Å². The largest absolute Gasteiger partial charge is 0.374 e. The monoisotopic (exact) mass is 254 g/mol. The summed E-state index contributed by atoms with van der Waals surface area (Å²) in [6.45, 7) is 5.85. The lowest BCUT2D eigenvalue weighted by Gasteiger charge is -2.35. The van der Waals surface area contributed by atoms with Crippen molar-refractivity contribution in [2.45, 2.75) is 19.1 Å². The smallest absolute Gasteiger partial charge is 0.0894 e. The van der Waals surface area contributed by atoms with E-state index in [1.807, 2.05) is 24.3 Å². The van der Waals surface area contributed by atoms with Crippen molar-refractivity contribution in [3.8, 4) is 0 Å². The molecule has 0 aliphatic carbocycles. The van der Waals surface area contributed by atoms with E-state index in [0.717, 1.165) is 36.8 Å². The van der Waals surface area contributed by atoms with Crippen molar-refractivity contribution >= 4 is 11.6 Å². The lowest BCUT2D eigenvalue weighted by molar-refractivity contribution is -0.0392. The Morgan fingerprint density at radius 3 is 3.12 bits per heavy atom. The molecule has 3 nitrogen and oxygen atoms in total. The van der Waals surface area contributed by atoms with Crippen LogP contribution in [0.15, 0.2) is 24.3 Å². The van der Waals surface area contributed by atoms with Gasteiger partial charge in [-0.25, -0.2) is 0 Å². The van der Waals surface area contributed by atoms with E-state index < -0.39 is 0 Å². The fourth-order valence-corrected chi connectivity index (χ4v) is 2.36. The van der Waals surface area contributed by atoms with Gasteiger partial charge in [-0.3, -0.25) is 4.90 Å². The minimum atomic E-state index is -0.108. The maximum Gasteiger partial charge on any atom is 0.0894 e. The number of rotatable bonds is 3. The Kier molecular flexibility index (Phi) is 4.40. The lowest BCUT2D eigenvalue weighted by Crippen LogP contribution is -2.46. The molecule has 2 atom stereocenters. The van der Waals surface area contributed by atoms with E-state index >= 15 is 0 Å². The van der Waals surface area contributed by atoms with Crippen molar-refractivity contribution in [1.29, 1.82) is 0 Å². The first-order valence-electron chi connectivity index (χ1n) is 6.05. The molecule has 1 aromatic carbocycles. The van der Waals surface area contributed by atoms with Crippen LogP contribution in [-0.4, -0.2) is 37.2 Å². The normalized spacial score (nSPS) is 23.6. The lowest BCUT2D eigenvalue weighted by atomic mass is 10.0. The predicted molar refractivity (Wildman–Crippen MR) is 70.2 cm³/mol. The van der Waals surface area contributed by atoms with Gasteiger partial charge in [0.2, 0.25) is 0 Å². The van der Waals surface area contributed by atoms with E-state index in [1.165, 1.54) is 0 Å². The van der Waals surface area contributed by atoms with Crippen LogP contribution in [-0.2, 0) is 4.74 Å². The minimum Gasteiger partial charge on any atom is -0.374 e. The minimum absolute atomic E-state index is 0.0576. The van der Waals surface area contributed by atoms with Crippen molar-refractivity contribution < 1.29 is 4.74 Å². The summed E-state index contributed by atoms with van der Waals surface area (Å²) in [7, 11) is 0. The number of benzene rings is 1. The summed E-state index contributed by atoms with van der Waals surface area (Å²) in [6, 6.07) is 7.60. The van der Waals surface area contributed by atoms with Crippen LogP contribution >= 0.6 is 11.6 Å². The summed E-state index contributed by atoms with van der Waals surface area (Å²) in [4.78, 5) is 2.36. The molecule has 2 unspecified atom stereocenters. The fraction of sp³-hybridized carbons (Fsp3) is 0.538. The molecular weight excluding hydrogens is 236 g/mol. The Labute approximate surface area is 107 Å². The van der Waals surface area contributed by atoms with Gasteiger partial charge in [-0.2, -0.15) is 0 Å². The average Bonchev–Trinajstić information content (AvgIpc) is 2.38. The number of hydrogen-bond donors (Lipinski definition) is 1. The first kappa shape index (κ1) is 12.8. The molecule has 0 aromatic heterocycles. The Balaban J connectivity index is 2.06. The summed E-state index contributed by atoms with van der Waals surface area (Å²) in [5.41, 5.74) is 7.29. The summed E-state index contributed by atoms with van der Waals surface area (Å²) >= 11 is 5.98. The third-order valence-corrected chi connectivity index (χ3v) is 3.49. The van der Waals surface area contributed by atoms with Gasteiger partial charge in [-0.05, 0) is 24.2 Å². The van der Waals surface area contributed by atoms with Crippen molar-refractivity contribution in [3.05, 3.63) is 34.9 Å². The van der Waals surface area contributed by atoms with Crippen LogP contribution in [0.5, 0.6) is 0 Å². The maximum absolute atomic E-state index is 6.25. The van der Waals surface area contributed by atoms with Crippen LogP contribution in [0.1, 0.15) is 18.5 Å². The highest BCUT2D eigenvalue weighted by Crippen LogP contribution is 2.22. The highest BCUT2D eigenvalue weighted by molar-refractivity contribution is 6.30. The van der Waals surface area contributed by atoms with Crippen molar-refractivity contribution in [3.63, 3.8) is 0 Å². The van der Waals surface area contributed by atoms with Gasteiger partial charge in [0.15, 0.2) is 0 Å². The van der Waals surface area contributed by atoms with E-state index in [0.29, 0.717) is 0 Å². The number of halogens is 1. The number of hydrogen-bond acceptors (Lipinski definition) is 3. The molecule has 0 amide bonds. The highest BCUT2D eigenvalue weighted by atomic mass is 35.5. The third-order valence-electron chi connectivity index (χ3n) is 3.26. The molecule has 0 bridgehead atoms.